The van der Waals surface area contributed by atoms with Crippen LogP contribution >= 0.6 is 0 Å². The van der Waals surface area contributed by atoms with Crippen molar-refractivity contribution in [1.29, 1.82) is 0 Å². The maximum Gasteiger partial charge on any atom is 0.333 e. The van der Waals surface area contributed by atoms with E-state index in [9.17, 15) is 14.4 Å². The van der Waals surface area contributed by atoms with Gasteiger partial charge in [0.2, 0.25) is 0 Å². The lowest BCUT2D eigenvalue weighted by Crippen LogP contribution is -2.01. The summed E-state index contributed by atoms with van der Waals surface area (Å²) in [7, 11) is 1.33. The number of carboxylic acids is 1. The first kappa shape index (κ1) is 32.2. The second-order valence-corrected chi connectivity index (χ2v) is 5.68. The van der Waals surface area contributed by atoms with Crippen LogP contribution in [0.2, 0.25) is 0 Å². The van der Waals surface area contributed by atoms with Crippen molar-refractivity contribution in [3.05, 3.63) is 79.4 Å². The number of ether oxygens (including phenoxy) is 2. The monoisotopic (exact) mass is 434 g/mol. The summed E-state index contributed by atoms with van der Waals surface area (Å²) in [6.45, 7) is 17.0. The number of rotatable bonds is 8. The molecule has 0 amide bonds. The largest absolute Gasteiger partial charge is 0.478 e. The number of carbonyl (C=O) groups excluding carboxylic acids is 2. The molecule has 0 aliphatic heterocycles. The summed E-state index contributed by atoms with van der Waals surface area (Å²) < 4.78 is 8.95. The van der Waals surface area contributed by atoms with Crippen molar-refractivity contribution in [1.82, 2.24) is 0 Å². The first-order valence-electron chi connectivity index (χ1n) is 9.33. The van der Waals surface area contributed by atoms with Gasteiger partial charge < -0.3 is 19.7 Å². The number of carbonyl (C=O) groups is 3. The molecule has 0 atom stereocenters. The Morgan fingerprint density at radius 2 is 1.65 bits per heavy atom. The minimum absolute atomic E-state index is 0.181. The topological polar surface area (TPSA) is 110 Å². The number of unbranched alkanes of at least 4 members (excludes halogenated alkanes) is 1. The maximum absolute atomic E-state index is 10.3. The van der Waals surface area contributed by atoms with Crippen molar-refractivity contribution in [2.75, 3.05) is 20.3 Å². The molecule has 0 aliphatic carbocycles. The molecule has 0 heterocycles. The van der Waals surface area contributed by atoms with Gasteiger partial charge in [-0.15, -0.1) is 0 Å². The van der Waals surface area contributed by atoms with Crippen LogP contribution in [0.3, 0.4) is 0 Å². The van der Waals surface area contributed by atoms with Crippen molar-refractivity contribution in [3.8, 4) is 0 Å². The van der Waals surface area contributed by atoms with E-state index < -0.39 is 12.6 Å². The molecule has 7 nitrogen and oxygen atoms in total. The van der Waals surface area contributed by atoms with E-state index in [4.69, 9.17) is 10.2 Å². The lowest BCUT2D eigenvalue weighted by Gasteiger charge is -1.97. The Balaban J connectivity index is -0.000000339. The Morgan fingerprint density at radius 1 is 1.10 bits per heavy atom. The highest BCUT2D eigenvalue weighted by atomic mass is 16.5. The molecule has 172 valence electrons. The summed E-state index contributed by atoms with van der Waals surface area (Å²) in [6.07, 6.45) is 4.99. The molecule has 0 aromatic heterocycles. The predicted octanol–water partition coefficient (Wildman–Crippen LogP) is 4.20. The molecule has 0 saturated heterocycles. The van der Waals surface area contributed by atoms with Crippen LogP contribution < -0.4 is 0 Å². The van der Waals surface area contributed by atoms with Gasteiger partial charge in [-0.25, -0.2) is 14.4 Å². The van der Waals surface area contributed by atoms with Gasteiger partial charge in [-0.3, -0.25) is 0 Å². The average molecular weight is 435 g/mol. The molecule has 0 unspecified atom stereocenters. The molecule has 7 heteroatoms. The van der Waals surface area contributed by atoms with Gasteiger partial charge in [0.05, 0.1) is 25.9 Å². The summed E-state index contributed by atoms with van der Waals surface area (Å²) in [5, 5.41) is 15.9. The molecule has 1 aromatic carbocycles. The van der Waals surface area contributed by atoms with Crippen molar-refractivity contribution < 1.29 is 34.1 Å². The Morgan fingerprint density at radius 3 is 1.87 bits per heavy atom. The molecule has 0 radical (unpaired) electrons. The molecule has 0 fully saturated rings. The maximum atomic E-state index is 10.3. The number of aliphatic hydroxyl groups excluding tert-OH is 1. The number of aliphatic carboxylic acids is 1. The number of hydrogen-bond acceptors (Lipinski definition) is 6. The van der Waals surface area contributed by atoms with Gasteiger partial charge in [0.15, 0.2) is 0 Å². The van der Waals surface area contributed by atoms with Crippen LogP contribution in [0.1, 0.15) is 32.3 Å². The number of methoxy groups -OCH3 is 1. The van der Waals surface area contributed by atoms with Crippen molar-refractivity contribution in [2.24, 2.45) is 0 Å². The third-order valence-electron chi connectivity index (χ3n) is 2.97. The van der Waals surface area contributed by atoms with E-state index in [2.05, 4.69) is 35.8 Å². The van der Waals surface area contributed by atoms with E-state index in [-0.39, 0.29) is 17.5 Å². The number of aliphatic hydroxyl groups is 1. The van der Waals surface area contributed by atoms with E-state index in [1.54, 1.807) is 6.92 Å². The molecule has 1 aromatic rings. The summed E-state index contributed by atoms with van der Waals surface area (Å²) in [6, 6.07) is 10.0. The van der Waals surface area contributed by atoms with Crippen molar-refractivity contribution >= 4 is 24.0 Å². The molecule has 0 bridgehead atoms. The van der Waals surface area contributed by atoms with Gasteiger partial charge in [0, 0.05) is 11.6 Å². The summed E-state index contributed by atoms with van der Waals surface area (Å²) >= 11 is 0. The highest BCUT2D eigenvalue weighted by molar-refractivity contribution is 5.86. The number of hydrogen-bond donors (Lipinski definition) is 2. The second kappa shape index (κ2) is 22.8. The quantitative estimate of drug-likeness (QED) is 0.358. The highest BCUT2D eigenvalue weighted by Gasteiger charge is 1.98. The fraction of sp³-hybridized carbons (Fsp3) is 0.292. The fourth-order valence-corrected chi connectivity index (χ4v) is 1.21. The fourth-order valence-electron chi connectivity index (χ4n) is 1.21. The van der Waals surface area contributed by atoms with Crippen LogP contribution in [0, 0.1) is 0 Å². The standard InChI is InChI=1S/C8H8.C7H12O2.C5H8O2.C4H6O3/c1-2-8-6-4-3-5-7-8;1-3-5-6-9-7(8)4-2;1-4(2)5(6)7-3;1-3(2-5)4(6)7/h2-7H,1H2;4H,2-3,5-6H2,1H3;1H2,2-3H3;5H,1-2H2,(H,6,7). The third kappa shape index (κ3) is 24.5. The summed E-state index contributed by atoms with van der Waals surface area (Å²) in [5.74, 6) is -1.83. The van der Waals surface area contributed by atoms with Gasteiger partial charge >= 0.3 is 17.9 Å². The lowest BCUT2D eigenvalue weighted by atomic mass is 10.2. The van der Waals surface area contributed by atoms with Crippen LogP contribution in [0.25, 0.3) is 6.08 Å². The van der Waals surface area contributed by atoms with Gasteiger partial charge in [-0.1, -0.05) is 76.1 Å². The first-order valence-corrected chi connectivity index (χ1v) is 9.33. The molecule has 0 aliphatic rings. The Labute approximate surface area is 185 Å². The van der Waals surface area contributed by atoms with Gasteiger partial charge in [0.25, 0.3) is 0 Å². The van der Waals surface area contributed by atoms with Crippen LogP contribution in [0.5, 0.6) is 0 Å². The molecule has 0 spiro atoms. The van der Waals surface area contributed by atoms with E-state index in [1.807, 2.05) is 43.3 Å². The predicted molar refractivity (Wildman–Crippen MR) is 123 cm³/mol. The molecule has 2 N–H and O–H groups in total. The van der Waals surface area contributed by atoms with Crippen LogP contribution in [-0.2, 0) is 23.9 Å². The van der Waals surface area contributed by atoms with Crippen molar-refractivity contribution in [2.45, 2.75) is 26.7 Å². The van der Waals surface area contributed by atoms with Crippen molar-refractivity contribution in [3.63, 3.8) is 0 Å². The number of carboxylic acid groups (broad SMARTS) is 1. The zero-order valence-corrected chi connectivity index (χ0v) is 18.6. The SMILES string of the molecule is C=C(C)C(=O)OC.C=C(CO)C(=O)O.C=CC(=O)OCCCC.C=Cc1ccccc1. The Kier molecular flexibility index (Phi) is 23.7. The normalized spacial score (nSPS) is 8.26. The number of esters is 2. The van der Waals surface area contributed by atoms with Gasteiger partial charge in [0.1, 0.15) is 0 Å². The van der Waals surface area contributed by atoms with Crippen LogP contribution in [-0.4, -0.2) is 48.4 Å². The van der Waals surface area contributed by atoms with E-state index in [0.29, 0.717) is 12.2 Å². The van der Waals surface area contributed by atoms with Crippen LogP contribution in [0.4, 0.5) is 0 Å². The molecule has 1 rings (SSSR count). The van der Waals surface area contributed by atoms with Gasteiger partial charge in [-0.05, 0) is 18.9 Å². The molecule has 0 saturated carbocycles. The zero-order chi connectivity index (χ0) is 24.7. The minimum Gasteiger partial charge on any atom is -0.478 e. The summed E-state index contributed by atoms with van der Waals surface area (Å²) in [5.41, 5.74) is 1.43. The minimum atomic E-state index is -1.15. The zero-order valence-electron chi connectivity index (χ0n) is 18.6. The van der Waals surface area contributed by atoms with E-state index >= 15 is 0 Å². The lowest BCUT2D eigenvalue weighted by molar-refractivity contribution is -0.138. The number of benzene rings is 1. The second-order valence-electron chi connectivity index (χ2n) is 5.68. The smallest absolute Gasteiger partial charge is 0.333 e. The third-order valence-corrected chi connectivity index (χ3v) is 2.97. The Hall–Kier alpha value is -3.45. The summed E-state index contributed by atoms with van der Waals surface area (Å²) in [4.78, 5) is 30.2. The first-order chi connectivity index (χ1) is 14.6. The van der Waals surface area contributed by atoms with E-state index in [0.717, 1.165) is 12.8 Å². The van der Waals surface area contributed by atoms with Crippen LogP contribution in [0.15, 0.2) is 73.9 Å². The van der Waals surface area contributed by atoms with Gasteiger partial charge in [-0.2, -0.15) is 0 Å². The average Bonchev–Trinajstić information content (AvgIpc) is 2.79. The van der Waals surface area contributed by atoms with E-state index in [1.165, 1.54) is 18.7 Å². The molecule has 31 heavy (non-hydrogen) atoms. The molecular weight excluding hydrogens is 400 g/mol. The highest BCUT2D eigenvalue weighted by Crippen LogP contribution is 1.97. The molecular formula is C24H34O7. The Bertz CT molecular complexity index is 665.